The maximum Gasteiger partial charge on any atom is 0.216 e. The zero-order chi connectivity index (χ0) is 15.8. The molecule has 1 aromatic carbocycles. The number of hydrogen-bond acceptors (Lipinski definition) is 5. The third-order valence-corrected chi connectivity index (χ3v) is 2.97. The molecule has 6 heteroatoms. The van der Waals surface area contributed by atoms with Crippen LogP contribution in [0.4, 0.5) is 0 Å². The SMILES string of the molecule is CC(=O)NCCC(O)C(O)c1cccc(C(=O)CC#N)c1. The third-order valence-electron chi connectivity index (χ3n) is 2.97. The molecule has 0 aliphatic rings. The average molecular weight is 290 g/mol. The summed E-state index contributed by atoms with van der Waals surface area (Å²) in [4.78, 5) is 22.3. The van der Waals surface area contributed by atoms with Crippen molar-refractivity contribution in [2.75, 3.05) is 6.54 Å². The molecule has 1 rings (SSSR count). The van der Waals surface area contributed by atoms with Crippen molar-refractivity contribution in [3.05, 3.63) is 35.4 Å². The van der Waals surface area contributed by atoms with E-state index in [-0.39, 0.29) is 31.1 Å². The van der Waals surface area contributed by atoms with E-state index in [1.54, 1.807) is 24.3 Å². The Kier molecular flexibility index (Phi) is 6.53. The number of carbonyl (C=O) groups is 2. The van der Waals surface area contributed by atoms with Crippen LogP contribution in [0.25, 0.3) is 0 Å². The predicted octanol–water partition coefficient (Wildman–Crippen LogP) is 0.703. The zero-order valence-electron chi connectivity index (χ0n) is 11.7. The van der Waals surface area contributed by atoms with Gasteiger partial charge in [-0.2, -0.15) is 5.26 Å². The highest BCUT2D eigenvalue weighted by atomic mass is 16.3. The minimum absolute atomic E-state index is 0.192. The Morgan fingerprint density at radius 2 is 2.10 bits per heavy atom. The smallest absolute Gasteiger partial charge is 0.216 e. The number of aliphatic hydroxyl groups is 2. The number of aliphatic hydroxyl groups excluding tert-OH is 2. The molecule has 2 atom stereocenters. The van der Waals surface area contributed by atoms with E-state index in [2.05, 4.69) is 5.32 Å². The lowest BCUT2D eigenvalue weighted by atomic mass is 9.98. The normalized spacial score (nSPS) is 13.0. The van der Waals surface area contributed by atoms with Crippen LogP contribution in [0.15, 0.2) is 24.3 Å². The first-order valence-corrected chi connectivity index (χ1v) is 6.56. The maximum absolute atomic E-state index is 11.6. The summed E-state index contributed by atoms with van der Waals surface area (Å²) in [6, 6.07) is 7.97. The van der Waals surface area contributed by atoms with Gasteiger partial charge in [0.15, 0.2) is 5.78 Å². The maximum atomic E-state index is 11.6. The molecular formula is C15H18N2O4. The van der Waals surface area contributed by atoms with Crippen molar-refractivity contribution >= 4 is 11.7 Å². The summed E-state index contributed by atoms with van der Waals surface area (Å²) >= 11 is 0. The molecule has 0 aliphatic carbocycles. The summed E-state index contributed by atoms with van der Waals surface area (Å²) in [6.45, 7) is 1.62. The van der Waals surface area contributed by atoms with E-state index < -0.39 is 12.2 Å². The van der Waals surface area contributed by atoms with E-state index in [0.717, 1.165) is 0 Å². The van der Waals surface area contributed by atoms with Crippen LogP contribution in [0.2, 0.25) is 0 Å². The standard InChI is InChI=1S/C15H18N2O4/c1-10(18)17-8-6-14(20)15(21)12-4-2-3-11(9-12)13(19)5-7-16/h2-4,9,14-15,20-21H,5-6,8H2,1H3,(H,17,18). The fourth-order valence-corrected chi connectivity index (χ4v) is 1.85. The highest BCUT2D eigenvalue weighted by Gasteiger charge is 2.19. The lowest BCUT2D eigenvalue weighted by Crippen LogP contribution is -2.27. The van der Waals surface area contributed by atoms with Gasteiger partial charge in [0, 0.05) is 19.0 Å². The summed E-state index contributed by atoms with van der Waals surface area (Å²) in [5, 5.41) is 31.0. The van der Waals surface area contributed by atoms with Crippen molar-refractivity contribution in [1.82, 2.24) is 5.32 Å². The van der Waals surface area contributed by atoms with E-state index in [0.29, 0.717) is 11.1 Å². The third kappa shape index (κ3) is 5.34. The van der Waals surface area contributed by atoms with Gasteiger partial charge in [-0.05, 0) is 18.1 Å². The number of nitrogens with one attached hydrogen (secondary N) is 1. The van der Waals surface area contributed by atoms with Gasteiger partial charge in [0.05, 0.1) is 18.6 Å². The molecule has 0 aromatic heterocycles. The predicted molar refractivity (Wildman–Crippen MR) is 75.3 cm³/mol. The number of amides is 1. The van der Waals surface area contributed by atoms with Crippen LogP contribution >= 0.6 is 0 Å². The topological polar surface area (TPSA) is 110 Å². The summed E-state index contributed by atoms with van der Waals surface area (Å²) in [5.74, 6) is -0.542. The lowest BCUT2D eigenvalue weighted by molar-refractivity contribution is -0.119. The zero-order valence-corrected chi connectivity index (χ0v) is 11.7. The highest BCUT2D eigenvalue weighted by Crippen LogP contribution is 2.20. The molecule has 0 radical (unpaired) electrons. The largest absolute Gasteiger partial charge is 0.390 e. The Balaban J connectivity index is 2.71. The number of nitriles is 1. The summed E-state index contributed by atoms with van der Waals surface area (Å²) in [6.07, 6.45) is -2.26. The Morgan fingerprint density at radius 1 is 1.38 bits per heavy atom. The quantitative estimate of drug-likeness (QED) is 0.640. The Bertz CT molecular complexity index is 551. The summed E-state index contributed by atoms with van der Waals surface area (Å²) in [7, 11) is 0. The molecule has 6 nitrogen and oxygen atoms in total. The second-order valence-corrected chi connectivity index (χ2v) is 4.67. The van der Waals surface area contributed by atoms with Gasteiger partial charge in [-0.25, -0.2) is 0 Å². The second-order valence-electron chi connectivity index (χ2n) is 4.67. The van der Waals surface area contributed by atoms with Gasteiger partial charge in [0.1, 0.15) is 6.10 Å². The molecule has 1 amide bonds. The average Bonchev–Trinajstić information content (AvgIpc) is 2.46. The number of nitrogens with zero attached hydrogens (tertiary/aromatic N) is 1. The number of carbonyl (C=O) groups excluding carboxylic acids is 2. The Morgan fingerprint density at radius 3 is 2.71 bits per heavy atom. The molecular weight excluding hydrogens is 272 g/mol. The van der Waals surface area contributed by atoms with Crippen molar-refractivity contribution in [3.8, 4) is 6.07 Å². The molecule has 0 saturated heterocycles. The highest BCUT2D eigenvalue weighted by molar-refractivity contribution is 5.97. The molecule has 0 heterocycles. The summed E-state index contributed by atoms with van der Waals surface area (Å²) in [5.41, 5.74) is 0.719. The first-order chi connectivity index (χ1) is 9.95. The first-order valence-electron chi connectivity index (χ1n) is 6.56. The van der Waals surface area contributed by atoms with Crippen molar-refractivity contribution in [2.24, 2.45) is 0 Å². The minimum Gasteiger partial charge on any atom is -0.390 e. The van der Waals surface area contributed by atoms with Crippen LogP contribution < -0.4 is 5.32 Å². The number of rotatable bonds is 7. The molecule has 1 aromatic rings. The van der Waals surface area contributed by atoms with Gasteiger partial charge in [-0.15, -0.1) is 0 Å². The van der Waals surface area contributed by atoms with Gasteiger partial charge in [0.25, 0.3) is 0 Å². The molecule has 3 N–H and O–H groups in total. The van der Waals surface area contributed by atoms with Crippen molar-refractivity contribution in [3.63, 3.8) is 0 Å². The van der Waals surface area contributed by atoms with E-state index in [1.165, 1.54) is 13.0 Å². The second kappa shape index (κ2) is 8.15. The van der Waals surface area contributed by atoms with Crippen LogP contribution in [-0.2, 0) is 4.79 Å². The van der Waals surface area contributed by atoms with Gasteiger partial charge < -0.3 is 15.5 Å². The molecule has 112 valence electrons. The molecule has 0 bridgehead atoms. The van der Waals surface area contributed by atoms with E-state index >= 15 is 0 Å². The molecule has 0 spiro atoms. The fourth-order valence-electron chi connectivity index (χ4n) is 1.85. The lowest BCUT2D eigenvalue weighted by Gasteiger charge is -2.18. The monoisotopic (exact) mass is 290 g/mol. The number of hydrogen-bond donors (Lipinski definition) is 3. The van der Waals surface area contributed by atoms with Gasteiger partial charge in [-0.3, -0.25) is 9.59 Å². The number of ketones is 1. The Labute approximate surface area is 123 Å². The van der Waals surface area contributed by atoms with Gasteiger partial charge in [-0.1, -0.05) is 18.2 Å². The first kappa shape index (κ1) is 16.8. The van der Waals surface area contributed by atoms with Gasteiger partial charge >= 0.3 is 0 Å². The molecule has 0 aliphatic heterocycles. The van der Waals surface area contributed by atoms with Crippen molar-refractivity contribution < 1.29 is 19.8 Å². The summed E-state index contributed by atoms with van der Waals surface area (Å²) < 4.78 is 0. The van der Waals surface area contributed by atoms with E-state index in [1.807, 2.05) is 0 Å². The molecule has 21 heavy (non-hydrogen) atoms. The number of benzene rings is 1. The minimum atomic E-state index is -1.16. The van der Waals surface area contributed by atoms with Crippen LogP contribution in [0, 0.1) is 11.3 Å². The van der Waals surface area contributed by atoms with Crippen molar-refractivity contribution in [2.45, 2.75) is 32.0 Å². The fraction of sp³-hybridized carbons (Fsp3) is 0.400. The van der Waals surface area contributed by atoms with E-state index in [9.17, 15) is 19.8 Å². The number of Topliss-reactive ketones (excluding diaryl/α,β-unsaturated/α-hetero) is 1. The van der Waals surface area contributed by atoms with Crippen molar-refractivity contribution in [1.29, 1.82) is 5.26 Å². The molecule has 2 unspecified atom stereocenters. The molecule has 0 saturated carbocycles. The van der Waals surface area contributed by atoms with E-state index in [4.69, 9.17) is 5.26 Å². The Hall–Kier alpha value is -2.23. The van der Waals surface area contributed by atoms with Crippen LogP contribution in [0.5, 0.6) is 0 Å². The molecule has 0 fully saturated rings. The van der Waals surface area contributed by atoms with Crippen LogP contribution in [-0.4, -0.2) is 34.6 Å². The van der Waals surface area contributed by atoms with Gasteiger partial charge in [0.2, 0.25) is 5.91 Å². The van der Waals surface area contributed by atoms with Crippen LogP contribution in [0.1, 0.15) is 41.8 Å². The van der Waals surface area contributed by atoms with Crippen LogP contribution in [0.3, 0.4) is 0 Å².